The summed E-state index contributed by atoms with van der Waals surface area (Å²) in [5.74, 6) is -2.91. The number of nitrogens with one attached hydrogen (secondary N) is 1. The van der Waals surface area contributed by atoms with Crippen LogP contribution >= 0.6 is 0 Å². The summed E-state index contributed by atoms with van der Waals surface area (Å²) in [6, 6.07) is 6.57. The van der Waals surface area contributed by atoms with Crippen LogP contribution in [0.4, 0.5) is 18.9 Å². The molecule has 1 N–H and O–H groups in total. The van der Waals surface area contributed by atoms with E-state index in [0.29, 0.717) is 13.1 Å². The third kappa shape index (κ3) is 4.29. The van der Waals surface area contributed by atoms with Gasteiger partial charge in [0.15, 0.2) is 11.5 Å². The lowest BCUT2D eigenvalue weighted by Gasteiger charge is -2.30. The Labute approximate surface area is 210 Å². The Bertz CT molecular complexity index is 1340. The number of rotatable bonds is 4. The standard InChI is InChI=1S/C24H23F3N2O7S/c25-24(26,27)23(17-13-19-20(35-12-11-34-19)14-18(17)28-22(23)31)36-21(30)15-5-7-16(8-6-15)37(32,33)29-9-3-1-2-4-10-29/h5-8,13-14H,1-4,9-12H2,(H,28,31)/t23-/m1/s1. The van der Waals surface area contributed by atoms with Crippen LogP contribution in [-0.4, -0.2) is 57.1 Å². The van der Waals surface area contributed by atoms with Gasteiger partial charge in [0, 0.05) is 24.7 Å². The van der Waals surface area contributed by atoms with Gasteiger partial charge in [-0.25, -0.2) is 13.2 Å². The smallest absolute Gasteiger partial charge is 0.442 e. The Hall–Kier alpha value is -3.32. The first-order chi connectivity index (χ1) is 17.5. The lowest BCUT2D eigenvalue weighted by atomic mass is 9.93. The highest BCUT2D eigenvalue weighted by Crippen LogP contribution is 2.53. The number of amides is 1. The van der Waals surface area contributed by atoms with E-state index in [1.807, 2.05) is 0 Å². The second-order valence-electron chi connectivity index (χ2n) is 8.91. The van der Waals surface area contributed by atoms with E-state index in [2.05, 4.69) is 5.32 Å². The first-order valence-corrected chi connectivity index (χ1v) is 13.1. The van der Waals surface area contributed by atoms with Crippen LogP contribution < -0.4 is 14.8 Å². The molecule has 1 amide bonds. The maximum atomic E-state index is 14.4. The van der Waals surface area contributed by atoms with Gasteiger partial charge in [0.1, 0.15) is 13.2 Å². The van der Waals surface area contributed by atoms with Gasteiger partial charge in [0.2, 0.25) is 10.0 Å². The number of halogens is 3. The van der Waals surface area contributed by atoms with E-state index >= 15 is 0 Å². The van der Waals surface area contributed by atoms with Crippen molar-refractivity contribution >= 4 is 27.6 Å². The van der Waals surface area contributed by atoms with E-state index in [9.17, 15) is 31.2 Å². The minimum Gasteiger partial charge on any atom is -0.486 e. The molecular formula is C24H23F3N2O7S. The number of ether oxygens (including phenoxy) is 3. The summed E-state index contributed by atoms with van der Waals surface area (Å²) in [6.45, 7) is 1.02. The first-order valence-electron chi connectivity index (χ1n) is 11.7. The van der Waals surface area contributed by atoms with E-state index < -0.39 is 39.2 Å². The summed E-state index contributed by atoms with van der Waals surface area (Å²) in [6.07, 6.45) is -2.01. The van der Waals surface area contributed by atoms with E-state index in [-0.39, 0.29) is 40.9 Å². The van der Waals surface area contributed by atoms with Gasteiger partial charge >= 0.3 is 17.7 Å². The number of benzene rings is 2. The zero-order chi connectivity index (χ0) is 26.4. The van der Waals surface area contributed by atoms with Crippen LogP contribution in [0.3, 0.4) is 0 Å². The maximum Gasteiger partial charge on any atom is 0.442 e. The molecular weight excluding hydrogens is 517 g/mol. The molecule has 1 atom stereocenters. The van der Waals surface area contributed by atoms with Crippen LogP contribution in [0, 0.1) is 0 Å². The first kappa shape index (κ1) is 25.3. The van der Waals surface area contributed by atoms with Crippen molar-refractivity contribution in [3.63, 3.8) is 0 Å². The van der Waals surface area contributed by atoms with Gasteiger partial charge in [-0.1, -0.05) is 12.8 Å². The van der Waals surface area contributed by atoms with Crippen molar-refractivity contribution in [1.29, 1.82) is 0 Å². The average molecular weight is 541 g/mol. The number of anilines is 1. The Morgan fingerprint density at radius 1 is 0.973 bits per heavy atom. The summed E-state index contributed by atoms with van der Waals surface area (Å²) in [4.78, 5) is 25.5. The minimum absolute atomic E-state index is 0.0192. The third-order valence-electron chi connectivity index (χ3n) is 6.57. The lowest BCUT2D eigenvalue weighted by Crippen LogP contribution is -2.51. The summed E-state index contributed by atoms with van der Waals surface area (Å²) in [7, 11) is -3.83. The topological polar surface area (TPSA) is 111 Å². The van der Waals surface area contributed by atoms with Crippen molar-refractivity contribution in [2.75, 3.05) is 31.6 Å². The number of fused-ring (bicyclic) bond motifs is 2. The van der Waals surface area contributed by atoms with Gasteiger partial charge in [-0.15, -0.1) is 0 Å². The fourth-order valence-corrected chi connectivity index (χ4v) is 6.17. The Balaban J connectivity index is 1.45. The average Bonchev–Trinajstić information content (AvgIpc) is 3.02. The van der Waals surface area contributed by atoms with E-state index in [1.54, 1.807) is 0 Å². The molecule has 37 heavy (non-hydrogen) atoms. The molecule has 198 valence electrons. The van der Waals surface area contributed by atoms with E-state index in [0.717, 1.165) is 56.0 Å². The molecule has 0 bridgehead atoms. The van der Waals surface area contributed by atoms with Gasteiger partial charge < -0.3 is 19.5 Å². The molecule has 5 rings (SSSR count). The SMILES string of the molecule is O=C(O[C@@]1(C(F)(F)F)C(=O)Nc2cc3c(cc21)OCCO3)c1ccc(S(=O)(=O)N2CCCCCC2)cc1. The molecule has 3 aliphatic rings. The monoisotopic (exact) mass is 540 g/mol. The summed E-state index contributed by atoms with van der Waals surface area (Å²) in [5.41, 5.74) is -4.84. The van der Waals surface area contributed by atoms with Gasteiger partial charge in [-0.2, -0.15) is 17.5 Å². The molecule has 0 saturated carbocycles. The lowest BCUT2D eigenvalue weighted by molar-refractivity contribution is -0.251. The molecule has 0 aromatic heterocycles. The van der Waals surface area contributed by atoms with Gasteiger partial charge in [0.25, 0.3) is 5.91 Å². The quantitative estimate of drug-likeness (QED) is 0.590. The number of carbonyl (C=O) groups is 2. The van der Waals surface area contributed by atoms with Crippen LogP contribution in [0.5, 0.6) is 11.5 Å². The molecule has 9 nitrogen and oxygen atoms in total. The van der Waals surface area contributed by atoms with Crippen molar-refractivity contribution in [1.82, 2.24) is 4.31 Å². The maximum absolute atomic E-state index is 14.4. The number of esters is 1. The van der Waals surface area contributed by atoms with Crippen LogP contribution in [0.15, 0.2) is 41.3 Å². The third-order valence-corrected chi connectivity index (χ3v) is 8.48. The number of hydrogen-bond donors (Lipinski definition) is 1. The van der Waals surface area contributed by atoms with Gasteiger partial charge in [-0.05, 0) is 43.2 Å². The molecule has 0 unspecified atom stereocenters. The van der Waals surface area contributed by atoms with E-state index in [4.69, 9.17) is 14.2 Å². The van der Waals surface area contributed by atoms with Crippen molar-refractivity contribution in [3.05, 3.63) is 47.5 Å². The van der Waals surface area contributed by atoms with Crippen molar-refractivity contribution < 1.29 is 45.4 Å². The molecule has 0 radical (unpaired) electrons. The molecule has 1 fully saturated rings. The number of carbonyl (C=O) groups excluding carboxylic acids is 2. The molecule has 3 heterocycles. The van der Waals surface area contributed by atoms with Crippen molar-refractivity contribution in [3.8, 4) is 11.5 Å². The molecule has 0 aliphatic carbocycles. The summed E-state index contributed by atoms with van der Waals surface area (Å²) in [5, 5.41) is 2.12. The van der Waals surface area contributed by atoms with Gasteiger partial charge in [0.05, 0.1) is 16.1 Å². The summed E-state index contributed by atoms with van der Waals surface area (Å²) >= 11 is 0. The van der Waals surface area contributed by atoms with Crippen molar-refractivity contribution in [2.24, 2.45) is 0 Å². The second kappa shape index (κ2) is 9.21. The van der Waals surface area contributed by atoms with Crippen LogP contribution in [0.2, 0.25) is 0 Å². The molecule has 3 aliphatic heterocycles. The highest BCUT2D eigenvalue weighted by molar-refractivity contribution is 7.89. The molecule has 2 aromatic carbocycles. The van der Waals surface area contributed by atoms with E-state index in [1.165, 1.54) is 10.4 Å². The fourth-order valence-electron chi connectivity index (χ4n) is 4.65. The normalized spacial score (nSPS) is 22.1. The molecule has 1 saturated heterocycles. The van der Waals surface area contributed by atoms with Crippen LogP contribution in [0.25, 0.3) is 0 Å². The van der Waals surface area contributed by atoms with Crippen LogP contribution in [0.1, 0.15) is 41.6 Å². The predicted octanol–water partition coefficient (Wildman–Crippen LogP) is 3.59. The number of hydrogen-bond acceptors (Lipinski definition) is 7. The summed E-state index contributed by atoms with van der Waals surface area (Å²) < 4.78 is 86.2. The van der Waals surface area contributed by atoms with Crippen molar-refractivity contribution in [2.45, 2.75) is 42.4 Å². The second-order valence-corrected chi connectivity index (χ2v) is 10.8. The Morgan fingerprint density at radius 3 is 2.16 bits per heavy atom. The molecule has 0 spiro atoms. The van der Waals surface area contributed by atoms with Crippen LogP contribution in [-0.2, 0) is 25.2 Å². The minimum atomic E-state index is -5.32. The zero-order valence-electron chi connectivity index (χ0n) is 19.5. The molecule has 13 heteroatoms. The number of alkyl halides is 3. The Morgan fingerprint density at radius 2 is 1.57 bits per heavy atom. The predicted molar refractivity (Wildman–Crippen MR) is 123 cm³/mol. The Kier molecular flexibility index (Phi) is 6.31. The van der Waals surface area contributed by atoms with Gasteiger partial charge in [-0.3, -0.25) is 4.79 Å². The largest absolute Gasteiger partial charge is 0.486 e. The number of nitrogens with zero attached hydrogens (tertiary/aromatic N) is 1. The highest BCUT2D eigenvalue weighted by atomic mass is 32.2. The highest BCUT2D eigenvalue weighted by Gasteiger charge is 2.69. The molecule has 2 aromatic rings. The fraction of sp³-hybridized carbons (Fsp3) is 0.417. The zero-order valence-corrected chi connectivity index (χ0v) is 20.3. The number of sulfonamides is 1.